The minimum absolute atomic E-state index is 0.00830. The van der Waals surface area contributed by atoms with E-state index in [2.05, 4.69) is 35.3 Å². The predicted molar refractivity (Wildman–Crippen MR) is 120 cm³/mol. The summed E-state index contributed by atoms with van der Waals surface area (Å²) in [6.07, 6.45) is 2.00. The summed E-state index contributed by atoms with van der Waals surface area (Å²) in [4.78, 5) is 34.8. The maximum Gasteiger partial charge on any atom is 0.330 e. The van der Waals surface area contributed by atoms with Gasteiger partial charge in [0, 0.05) is 44.1 Å². The number of hydrogen-bond donors (Lipinski definition) is 0. The molecule has 2 bridgehead atoms. The molecule has 2 unspecified atom stereocenters. The first-order valence-corrected chi connectivity index (χ1v) is 11.5. The molecule has 0 N–H and O–H groups in total. The van der Waals surface area contributed by atoms with Gasteiger partial charge in [-0.25, -0.2) is 9.78 Å². The van der Waals surface area contributed by atoms with Gasteiger partial charge in [0.1, 0.15) is 5.82 Å². The highest BCUT2D eigenvalue weighted by molar-refractivity contribution is 7.03. The number of anilines is 1. The molecule has 3 aliphatic heterocycles. The van der Waals surface area contributed by atoms with Crippen LogP contribution in [0.4, 0.5) is 5.82 Å². The second kappa shape index (κ2) is 7.15. The summed E-state index contributed by atoms with van der Waals surface area (Å²) in [7, 11) is 1.78. The van der Waals surface area contributed by atoms with Crippen molar-refractivity contribution in [2.45, 2.75) is 52.2 Å². The smallest absolute Gasteiger partial charge is 0.330 e. The van der Waals surface area contributed by atoms with Crippen LogP contribution in [0.3, 0.4) is 0 Å². The van der Waals surface area contributed by atoms with Crippen LogP contribution in [-0.2, 0) is 13.6 Å². The number of carbonyl (C=O) groups is 1. The summed E-state index contributed by atoms with van der Waals surface area (Å²) < 4.78 is 7.28. The van der Waals surface area contributed by atoms with Crippen molar-refractivity contribution >= 4 is 34.4 Å². The molecule has 2 atom stereocenters. The summed E-state index contributed by atoms with van der Waals surface area (Å²) >= 11 is 1.20. The zero-order valence-electron chi connectivity index (χ0n) is 18.3. The largest absolute Gasteiger partial charge is 0.350 e. The van der Waals surface area contributed by atoms with Gasteiger partial charge < -0.3 is 9.80 Å². The van der Waals surface area contributed by atoms with Crippen LogP contribution in [0.15, 0.2) is 22.3 Å². The van der Waals surface area contributed by atoms with Gasteiger partial charge in [-0.15, -0.1) is 5.10 Å². The van der Waals surface area contributed by atoms with E-state index in [0.29, 0.717) is 24.4 Å². The molecule has 6 rings (SSSR count). The lowest BCUT2D eigenvalue weighted by molar-refractivity contribution is 0.0498. The Labute approximate surface area is 184 Å². The number of amides is 1. The van der Waals surface area contributed by atoms with Gasteiger partial charge in [0.05, 0.1) is 5.52 Å². The van der Waals surface area contributed by atoms with Crippen LogP contribution in [-0.4, -0.2) is 59.7 Å². The molecule has 0 aromatic carbocycles. The topological polar surface area (TPSA) is 89.2 Å². The van der Waals surface area contributed by atoms with Gasteiger partial charge in [0.2, 0.25) is 0 Å². The molecule has 3 saturated heterocycles. The molecular formula is C21H27N7O2S. The SMILES string of the molecule is Cn1c(=O)n(CC(C)(C)C)c2ccc(N3CC4CCC3CN4C(=O)c3csnn3)nc21. The van der Waals surface area contributed by atoms with Crippen molar-refractivity contribution < 1.29 is 4.79 Å². The lowest BCUT2D eigenvalue weighted by Gasteiger charge is -2.51. The molecule has 3 aromatic heterocycles. The van der Waals surface area contributed by atoms with Crippen LogP contribution in [0.5, 0.6) is 0 Å². The molecular weight excluding hydrogens is 414 g/mol. The van der Waals surface area contributed by atoms with Crippen LogP contribution >= 0.6 is 11.5 Å². The Morgan fingerprint density at radius 2 is 1.97 bits per heavy atom. The number of piperidine rings is 2. The highest BCUT2D eigenvalue weighted by atomic mass is 32.1. The lowest BCUT2D eigenvalue weighted by atomic mass is 9.90. The Morgan fingerprint density at radius 3 is 2.61 bits per heavy atom. The van der Waals surface area contributed by atoms with E-state index in [1.165, 1.54) is 11.5 Å². The fourth-order valence-electron chi connectivity index (χ4n) is 4.81. The van der Waals surface area contributed by atoms with Crippen LogP contribution in [0.1, 0.15) is 44.1 Å². The standard InChI is InChI=1S/C21H27N7O2S/c1-21(2,3)12-28-16-7-8-17(22-18(16)25(4)20(28)30)26-9-14-6-5-13(26)10-27(14)19(29)15-11-31-24-23-15/h7-8,11,13-14H,5-6,9-10,12H2,1-4H3. The fraction of sp³-hybridized carbons (Fsp3) is 0.571. The second-order valence-electron chi connectivity index (χ2n) is 9.79. The molecule has 31 heavy (non-hydrogen) atoms. The highest BCUT2D eigenvalue weighted by Crippen LogP contribution is 2.33. The second-order valence-corrected chi connectivity index (χ2v) is 10.4. The minimum atomic E-state index is -0.0385. The molecule has 0 aliphatic carbocycles. The Hall–Kier alpha value is -2.75. The van der Waals surface area contributed by atoms with Gasteiger partial charge in [0.15, 0.2) is 11.3 Å². The predicted octanol–water partition coefficient (Wildman–Crippen LogP) is 2.13. The van der Waals surface area contributed by atoms with E-state index in [-0.39, 0.29) is 29.1 Å². The minimum Gasteiger partial charge on any atom is -0.350 e. The maximum absolute atomic E-state index is 12.8. The summed E-state index contributed by atoms with van der Waals surface area (Å²) in [6, 6.07) is 4.36. The maximum atomic E-state index is 12.8. The first-order valence-electron chi connectivity index (χ1n) is 10.6. The molecule has 0 spiro atoms. The third kappa shape index (κ3) is 3.42. The molecule has 0 radical (unpaired) electrons. The number of imidazole rings is 1. The summed E-state index contributed by atoms with van der Waals surface area (Å²) in [5, 5.41) is 5.66. The van der Waals surface area contributed by atoms with Crippen molar-refractivity contribution in [1.82, 2.24) is 28.6 Å². The lowest BCUT2D eigenvalue weighted by Crippen LogP contribution is -2.64. The van der Waals surface area contributed by atoms with Crippen molar-refractivity contribution in [3.05, 3.63) is 33.7 Å². The van der Waals surface area contributed by atoms with Crippen LogP contribution in [0.2, 0.25) is 0 Å². The van der Waals surface area contributed by atoms with Gasteiger partial charge >= 0.3 is 5.69 Å². The Morgan fingerprint density at radius 1 is 1.19 bits per heavy atom. The quantitative estimate of drug-likeness (QED) is 0.619. The van der Waals surface area contributed by atoms with Crippen molar-refractivity contribution in [1.29, 1.82) is 0 Å². The molecule has 3 aromatic rings. The van der Waals surface area contributed by atoms with Crippen molar-refractivity contribution in [3.63, 3.8) is 0 Å². The van der Waals surface area contributed by atoms with Crippen LogP contribution in [0, 0.1) is 5.41 Å². The van der Waals surface area contributed by atoms with E-state index in [4.69, 9.17) is 4.98 Å². The normalized spacial score (nSPS) is 21.3. The van der Waals surface area contributed by atoms with E-state index < -0.39 is 0 Å². The van der Waals surface area contributed by atoms with Gasteiger partial charge in [-0.05, 0) is 41.9 Å². The van der Waals surface area contributed by atoms with Gasteiger partial charge in [0.25, 0.3) is 5.91 Å². The van der Waals surface area contributed by atoms with Crippen LogP contribution < -0.4 is 10.6 Å². The van der Waals surface area contributed by atoms with E-state index in [0.717, 1.165) is 30.7 Å². The number of fused-ring (bicyclic) bond motifs is 4. The summed E-state index contributed by atoms with van der Waals surface area (Å²) in [5.41, 5.74) is 1.95. The van der Waals surface area contributed by atoms with E-state index in [1.54, 1.807) is 17.0 Å². The molecule has 3 fully saturated rings. The summed E-state index contributed by atoms with van der Waals surface area (Å²) in [5.74, 6) is 0.835. The van der Waals surface area contributed by atoms with Gasteiger partial charge in [-0.1, -0.05) is 25.3 Å². The number of aromatic nitrogens is 5. The number of aryl methyl sites for hydroxylation is 1. The Bertz CT molecular complexity index is 1190. The van der Waals surface area contributed by atoms with E-state index >= 15 is 0 Å². The van der Waals surface area contributed by atoms with Gasteiger partial charge in [-0.2, -0.15) is 0 Å². The number of nitrogens with zero attached hydrogens (tertiary/aromatic N) is 7. The van der Waals surface area contributed by atoms with Crippen molar-refractivity contribution in [3.8, 4) is 0 Å². The first kappa shape index (κ1) is 20.2. The first-order chi connectivity index (χ1) is 14.7. The Kier molecular flexibility index (Phi) is 4.65. The third-order valence-electron chi connectivity index (χ3n) is 6.26. The average Bonchev–Trinajstić information content (AvgIpc) is 3.36. The molecule has 164 valence electrons. The highest BCUT2D eigenvalue weighted by Gasteiger charge is 2.42. The van der Waals surface area contributed by atoms with Gasteiger partial charge in [-0.3, -0.25) is 13.9 Å². The number of rotatable bonds is 3. The van der Waals surface area contributed by atoms with Crippen molar-refractivity contribution in [2.75, 3.05) is 18.0 Å². The Balaban J connectivity index is 1.44. The average molecular weight is 442 g/mol. The summed E-state index contributed by atoms with van der Waals surface area (Å²) in [6.45, 7) is 8.41. The van der Waals surface area contributed by atoms with Crippen LogP contribution in [0.25, 0.3) is 11.2 Å². The molecule has 1 amide bonds. The molecule has 9 nitrogen and oxygen atoms in total. The third-order valence-corrected chi connectivity index (χ3v) is 6.77. The van der Waals surface area contributed by atoms with E-state index in [9.17, 15) is 9.59 Å². The van der Waals surface area contributed by atoms with Crippen molar-refractivity contribution in [2.24, 2.45) is 12.5 Å². The molecule has 3 aliphatic rings. The number of piperazine rings is 1. The molecule has 6 heterocycles. The number of carbonyl (C=O) groups excluding carboxylic acids is 1. The zero-order valence-corrected chi connectivity index (χ0v) is 19.1. The number of pyridine rings is 1. The monoisotopic (exact) mass is 441 g/mol. The fourth-order valence-corrected chi connectivity index (χ4v) is 5.24. The molecule has 10 heteroatoms. The van der Waals surface area contributed by atoms with E-state index in [1.807, 2.05) is 21.6 Å². The molecule has 0 saturated carbocycles. The zero-order chi connectivity index (χ0) is 21.9. The number of hydrogen-bond acceptors (Lipinski definition) is 7.